The first-order valence-corrected chi connectivity index (χ1v) is 23.6. The lowest BCUT2D eigenvalue weighted by Crippen LogP contribution is -2.10. The minimum atomic E-state index is 0.887. The maximum absolute atomic E-state index is 6.33. The Morgan fingerprint density at radius 3 is 1.28 bits per heavy atom. The Bertz CT molecular complexity index is 3940. The van der Waals surface area contributed by atoms with Crippen LogP contribution in [-0.2, 0) is 0 Å². The summed E-state index contributed by atoms with van der Waals surface area (Å²) in [5.74, 6) is 0. The van der Waals surface area contributed by atoms with E-state index < -0.39 is 0 Å². The van der Waals surface area contributed by atoms with Crippen LogP contribution >= 0.6 is 0 Å². The Hall–Kier alpha value is -9.18. The summed E-state index contributed by atoms with van der Waals surface area (Å²) in [5.41, 5.74) is 20.2. The Morgan fingerprint density at radius 1 is 0.246 bits per heavy atom. The van der Waals surface area contributed by atoms with E-state index in [4.69, 9.17) is 4.42 Å². The predicted molar refractivity (Wildman–Crippen MR) is 290 cm³/mol. The maximum Gasteiger partial charge on any atom is 0.136 e. The van der Waals surface area contributed by atoms with Gasteiger partial charge in [0.05, 0.1) is 11.0 Å². The van der Waals surface area contributed by atoms with Gasteiger partial charge in [-0.25, -0.2) is 0 Å². The molecule has 0 bridgehead atoms. The summed E-state index contributed by atoms with van der Waals surface area (Å²) in [4.78, 5) is 2.37. The van der Waals surface area contributed by atoms with Gasteiger partial charge in [0, 0.05) is 44.3 Å². The Morgan fingerprint density at radius 2 is 0.652 bits per heavy atom. The number of furan rings is 1. The third kappa shape index (κ3) is 7.34. The van der Waals surface area contributed by atoms with Crippen LogP contribution in [0.2, 0.25) is 0 Å². The molecule has 0 saturated carbocycles. The van der Waals surface area contributed by atoms with E-state index in [1.165, 1.54) is 55.2 Å². The minimum Gasteiger partial charge on any atom is -0.456 e. The van der Waals surface area contributed by atoms with Crippen LogP contribution in [0.3, 0.4) is 0 Å². The van der Waals surface area contributed by atoms with Crippen LogP contribution < -0.4 is 4.90 Å². The average Bonchev–Trinajstić information content (AvgIpc) is 3.97. The van der Waals surface area contributed by atoms with E-state index in [1.807, 2.05) is 12.1 Å². The number of rotatable bonds is 9. The van der Waals surface area contributed by atoms with E-state index in [0.29, 0.717) is 0 Å². The summed E-state index contributed by atoms with van der Waals surface area (Å²) < 4.78 is 8.70. The van der Waals surface area contributed by atoms with Crippen molar-refractivity contribution in [3.05, 3.63) is 267 Å². The van der Waals surface area contributed by atoms with Crippen molar-refractivity contribution in [1.29, 1.82) is 0 Å². The first-order valence-electron chi connectivity index (χ1n) is 23.6. The van der Waals surface area contributed by atoms with Crippen LogP contribution in [0.25, 0.3) is 105 Å². The fourth-order valence-corrected chi connectivity index (χ4v) is 10.2. The number of nitrogens with zero attached hydrogens (tertiary/aromatic N) is 2. The summed E-state index contributed by atoms with van der Waals surface area (Å²) in [6.07, 6.45) is 0. The summed E-state index contributed by atoms with van der Waals surface area (Å²) in [6.45, 7) is 0. The Labute approximate surface area is 401 Å². The van der Waals surface area contributed by atoms with E-state index in [2.05, 4.69) is 264 Å². The van der Waals surface area contributed by atoms with Gasteiger partial charge < -0.3 is 13.9 Å². The molecule has 0 aliphatic rings. The van der Waals surface area contributed by atoms with Gasteiger partial charge in [-0.15, -0.1) is 0 Å². The van der Waals surface area contributed by atoms with Gasteiger partial charge in [-0.3, -0.25) is 0 Å². The van der Waals surface area contributed by atoms with Crippen molar-refractivity contribution < 1.29 is 4.42 Å². The number of benzene rings is 11. The van der Waals surface area contributed by atoms with Gasteiger partial charge in [0.15, 0.2) is 0 Å². The lowest BCUT2D eigenvalue weighted by atomic mass is 9.98. The highest BCUT2D eigenvalue weighted by Crippen LogP contribution is 2.41. The molecule has 0 atom stereocenters. The molecule has 0 aliphatic heterocycles. The molecule has 69 heavy (non-hydrogen) atoms. The van der Waals surface area contributed by atoms with Crippen molar-refractivity contribution in [3.8, 4) is 61.3 Å². The summed E-state index contributed by atoms with van der Waals surface area (Å²) in [5, 5.41) is 4.79. The lowest BCUT2D eigenvalue weighted by Gasteiger charge is -2.27. The van der Waals surface area contributed by atoms with Crippen molar-refractivity contribution in [2.45, 2.75) is 0 Å². The van der Waals surface area contributed by atoms with E-state index in [-0.39, 0.29) is 0 Å². The quantitative estimate of drug-likeness (QED) is 0.144. The second-order valence-electron chi connectivity index (χ2n) is 17.7. The zero-order valence-corrected chi connectivity index (χ0v) is 37.7. The molecule has 11 aromatic carbocycles. The number of hydrogen-bond acceptors (Lipinski definition) is 2. The van der Waals surface area contributed by atoms with Gasteiger partial charge in [0.25, 0.3) is 0 Å². The Balaban J connectivity index is 0.847. The SMILES string of the molecule is c1ccc(-c2ccc(-c3cccc(N(c4ccc(-c5cccc(-c6ccc(-n7c8ccccc8c8ccccc87)cc6)c5)cc4)c4cccc(-c5ccc6c(c5)oc5ccccc56)c4)c3)cc2)cc1. The number of para-hydroxylation sites is 3. The second-order valence-corrected chi connectivity index (χ2v) is 17.7. The van der Waals surface area contributed by atoms with Crippen LogP contribution in [0.15, 0.2) is 271 Å². The molecule has 0 fully saturated rings. The molecular formula is C66H44N2O. The smallest absolute Gasteiger partial charge is 0.136 e. The predicted octanol–water partition coefficient (Wildman–Crippen LogP) is 18.5. The molecule has 0 radical (unpaired) electrons. The number of hydrogen-bond donors (Lipinski definition) is 0. The van der Waals surface area contributed by atoms with Crippen molar-refractivity contribution in [1.82, 2.24) is 4.57 Å². The van der Waals surface area contributed by atoms with Gasteiger partial charge in [-0.1, -0.05) is 182 Å². The number of fused-ring (bicyclic) bond motifs is 6. The monoisotopic (exact) mass is 880 g/mol. The summed E-state index contributed by atoms with van der Waals surface area (Å²) >= 11 is 0. The molecule has 2 aromatic heterocycles. The number of anilines is 3. The van der Waals surface area contributed by atoms with E-state index in [1.54, 1.807) is 0 Å². The zero-order valence-electron chi connectivity index (χ0n) is 37.7. The molecule has 13 aromatic rings. The molecular weight excluding hydrogens is 837 g/mol. The van der Waals surface area contributed by atoms with Crippen LogP contribution in [0.1, 0.15) is 0 Å². The van der Waals surface area contributed by atoms with Crippen molar-refractivity contribution in [2.75, 3.05) is 4.90 Å². The molecule has 3 nitrogen and oxygen atoms in total. The average molecular weight is 881 g/mol. The molecule has 13 rings (SSSR count). The standard InChI is InChI=1S/C66H44N2O/c1-2-13-45(14-3-1)46-27-29-47(30-28-46)52-17-11-19-57(42-52)67(58-20-12-18-53(43-58)54-35-40-62-61-23-6-9-26-65(61)69-66(62)44-54)55-36-31-48(32-37-55)50-15-10-16-51(41-50)49-33-38-56(39-34-49)68-63-24-7-4-21-59(63)60-22-5-8-25-64(60)68/h1-44H. The molecule has 2 heterocycles. The molecule has 0 unspecified atom stereocenters. The van der Waals surface area contributed by atoms with Crippen LogP contribution in [-0.4, -0.2) is 4.57 Å². The third-order valence-electron chi connectivity index (χ3n) is 13.6. The topological polar surface area (TPSA) is 21.3 Å². The number of aromatic nitrogens is 1. The fraction of sp³-hybridized carbons (Fsp3) is 0. The van der Waals surface area contributed by atoms with Crippen LogP contribution in [0, 0.1) is 0 Å². The molecule has 0 saturated heterocycles. The van der Waals surface area contributed by atoms with Gasteiger partial charge in [-0.2, -0.15) is 0 Å². The molecule has 0 spiro atoms. The highest BCUT2D eigenvalue weighted by molar-refractivity contribution is 6.09. The largest absolute Gasteiger partial charge is 0.456 e. The highest BCUT2D eigenvalue weighted by Gasteiger charge is 2.17. The van der Waals surface area contributed by atoms with E-state index in [9.17, 15) is 0 Å². The van der Waals surface area contributed by atoms with Crippen LogP contribution in [0.5, 0.6) is 0 Å². The van der Waals surface area contributed by atoms with Gasteiger partial charge in [-0.05, 0) is 141 Å². The Kier molecular flexibility index (Phi) is 9.84. The summed E-state index contributed by atoms with van der Waals surface area (Å²) in [7, 11) is 0. The fourth-order valence-electron chi connectivity index (χ4n) is 10.2. The first kappa shape index (κ1) is 40.1. The van der Waals surface area contributed by atoms with E-state index in [0.717, 1.165) is 66.9 Å². The third-order valence-corrected chi connectivity index (χ3v) is 13.6. The summed E-state index contributed by atoms with van der Waals surface area (Å²) in [6, 6.07) is 96.1. The van der Waals surface area contributed by atoms with Crippen molar-refractivity contribution >= 4 is 60.8 Å². The normalized spacial score (nSPS) is 11.5. The zero-order chi connectivity index (χ0) is 45.7. The lowest BCUT2D eigenvalue weighted by molar-refractivity contribution is 0.669. The van der Waals surface area contributed by atoms with Crippen LogP contribution in [0.4, 0.5) is 17.1 Å². The maximum atomic E-state index is 6.33. The molecule has 3 heteroatoms. The minimum absolute atomic E-state index is 0.887. The van der Waals surface area contributed by atoms with Gasteiger partial charge in [0.1, 0.15) is 11.2 Å². The van der Waals surface area contributed by atoms with Gasteiger partial charge >= 0.3 is 0 Å². The van der Waals surface area contributed by atoms with Gasteiger partial charge in [0.2, 0.25) is 0 Å². The second kappa shape index (κ2) is 16.9. The molecule has 324 valence electrons. The van der Waals surface area contributed by atoms with E-state index >= 15 is 0 Å². The molecule has 0 N–H and O–H groups in total. The first-order chi connectivity index (χ1) is 34.2. The molecule has 0 aliphatic carbocycles. The highest BCUT2D eigenvalue weighted by atomic mass is 16.3. The van der Waals surface area contributed by atoms with Crippen molar-refractivity contribution in [2.24, 2.45) is 0 Å². The van der Waals surface area contributed by atoms with Crippen molar-refractivity contribution in [3.63, 3.8) is 0 Å². The molecule has 0 amide bonds.